The number of nitrogens with two attached hydrogens (primary N) is 1. The van der Waals surface area contributed by atoms with E-state index in [1.165, 1.54) is 12.1 Å². The Morgan fingerprint density at radius 3 is 2.40 bits per heavy atom. The molecule has 0 aromatic heterocycles. The Balaban J connectivity index is 1.53. The molecule has 0 radical (unpaired) electrons. The smallest absolute Gasteiger partial charge is 0.191 e. The number of anilines is 1. The third-order valence-corrected chi connectivity index (χ3v) is 5.26. The van der Waals surface area contributed by atoms with E-state index in [9.17, 15) is 9.50 Å². The molecule has 0 spiro atoms. The second-order valence-electron chi connectivity index (χ2n) is 6.90. The van der Waals surface area contributed by atoms with Crippen molar-refractivity contribution in [1.82, 2.24) is 4.90 Å². The number of halogens is 1. The molecule has 2 heterocycles. The molecule has 0 bridgehead atoms. The van der Waals surface area contributed by atoms with E-state index in [0.29, 0.717) is 25.7 Å². The van der Waals surface area contributed by atoms with E-state index in [2.05, 4.69) is 14.8 Å². The first-order valence-electron chi connectivity index (χ1n) is 8.86. The molecule has 0 atom stereocenters. The first-order chi connectivity index (χ1) is 12.1. The maximum Gasteiger partial charge on any atom is 0.191 e. The van der Waals surface area contributed by atoms with Crippen molar-refractivity contribution in [2.75, 3.05) is 57.4 Å². The van der Waals surface area contributed by atoms with Gasteiger partial charge in [0.1, 0.15) is 5.82 Å². The Bertz CT molecular complexity index is 579. The SMILES string of the molecule is NC(=NCC1(CO)CCOCC1)N1CCN(c2ccc(F)cc2)CC1. The highest BCUT2D eigenvalue weighted by molar-refractivity contribution is 5.78. The van der Waals surface area contributed by atoms with Gasteiger partial charge in [0.05, 0.1) is 13.2 Å². The lowest BCUT2D eigenvalue weighted by atomic mass is 9.81. The molecular formula is C18H27FN4O2. The zero-order valence-electron chi connectivity index (χ0n) is 14.5. The fourth-order valence-electron chi connectivity index (χ4n) is 3.37. The van der Waals surface area contributed by atoms with Crippen LogP contribution in [0.15, 0.2) is 29.3 Å². The minimum Gasteiger partial charge on any atom is -0.396 e. The van der Waals surface area contributed by atoms with Gasteiger partial charge < -0.3 is 25.4 Å². The fraction of sp³-hybridized carbons (Fsp3) is 0.611. The largest absolute Gasteiger partial charge is 0.396 e. The first kappa shape index (κ1) is 17.9. The second kappa shape index (κ2) is 8.01. The van der Waals surface area contributed by atoms with Crippen LogP contribution in [-0.4, -0.2) is 68.5 Å². The van der Waals surface area contributed by atoms with E-state index < -0.39 is 0 Å². The number of rotatable bonds is 4. The summed E-state index contributed by atoms with van der Waals surface area (Å²) < 4.78 is 18.4. The van der Waals surface area contributed by atoms with Crippen LogP contribution in [0.4, 0.5) is 10.1 Å². The van der Waals surface area contributed by atoms with Gasteiger partial charge in [-0.25, -0.2) is 4.39 Å². The molecule has 2 aliphatic rings. The highest BCUT2D eigenvalue weighted by atomic mass is 19.1. The van der Waals surface area contributed by atoms with Crippen molar-refractivity contribution >= 4 is 11.6 Å². The lowest BCUT2D eigenvalue weighted by Crippen LogP contribution is -2.51. The van der Waals surface area contributed by atoms with Crippen molar-refractivity contribution in [3.05, 3.63) is 30.1 Å². The normalized spacial score (nSPS) is 21.4. The van der Waals surface area contributed by atoms with Crippen molar-refractivity contribution in [2.24, 2.45) is 16.1 Å². The van der Waals surface area contributed by atoms with Crippen molar-refractivity contribution in [2.45, 2.75) is 12.8 Å². The standard InChI is InChI=1S/C18H27FN4O2/c19-15-1-3-16(4-2-15)22-7-9-23(10-8-22)17(20)21-13-18(14-24)5-11-25-12-6-18/h1-4,24H,5-14H2,(H2,20,21). The van der Waals surface area contributed by atoms with Crippen LogP contribution in [0.1, 0.15) is 12.8 Å². The predicted octanol–water partition coefficient (Wildman–Crippen LogP) is 1.05. The van der Waals surface area contributed by atoms with E-state index in [-0.39, 0.29) is 17.8 Å². The van der Waals surface area contributed by atoms with Crippen LogP contribution >= 0.6 is 0 Å². The average Bonchev–Trinajstić information content (AvgIpc) is 2.67. The summed E-state index contributed by atoms with van der Waals surface area (Å²) in [5.74, 6) is 0.322. The molecule has 2 saturated heterocycles. The molecule has 0 aliphatic carbocycles. The summed E-state index contributed by atoms with van der Waals surface area (Å²) in [6, 6.07) is 6.58. The number of benzene rings is 1. The molecule has 0 saturated carbocycles. The molecule has 2 fully saturated rings. The summed E-state index contributed by atoms with van der Waals surface area (Å²) in [6.07, 6.45) is 1.64. The van der Waals surface area contributed by atoms with Crippen molar-refractivity contribution in [3.8, 4) is 0 Å². The first-order valence-corrected chi connectivity index (χ1v) is 8.86. The van der Waals surface area contributed by atoms with Gasteiger partial charge in [-0.1, -0.05) is 0 Å². The van der Waals surface area contributed by atoms with E-state index in [0.717, 1.165) is 44.7 Å². The van der Waals surface area contributed by atoms with E-state index in [1.807, 2.05) is 0 Å². The summed E-state index contributed by atoms with van der Waals surface area (Å²) in [5, 5.41) is 9.73. The number of guanidine groups is 1. The van der Waals surface area contributed by atoms with Crippen LogP contribution in [0.5, 0.6) is 0 Å². The summed E-state index contributed by atoms with van der Waals surface area (Å²) in [5.41, 5.74) is 7.01. The Kier molecular flexibility index (Phi) is 5.75. The quantitative estimate of drug-likeness (QED) is 0.627. The third kappa shape index (κ3) is 4.41. The summed E-state index contributed by atoms with van der Waals surface area (Å²) in [6.45, 7) is 5.20. The van der Waals surface area contributed by atoms with Crippen LogP contribution in [0.25, 0.3) is 0 Å². The number of aliphatic hydroxyl groups is 1. The van der Waals surface area contributed by atoms with Crippen LogP contribution < -0.4 is 10.6 Å². The van der Waals surface area contributed by atoms with Gasteiger partial charge in [0.25, 0.3) is 0 Å². The maximum absolute atomic E-state index is 13.0. The monoisotopic (exact) mass is 350 g/mol. The van der Waals surface area contributed by atoms with Gasteiger partial charge in [-0.3, -0.25) is 4.99 Å². The lowest BCUT2D eigenvalue weighted by molar-refractivity contribution is -0.0106. The number of hydrogen-bond donors (Lipinski definition) is 2. The van der Waals surface area contributed by atoms with Crippen LogP contribution in [-0.2, 0) is 4.74 Å². The van der Waals surface area contributed by atoms with E-state index in [1.54, 1.807) is 12.1 Å². The van der Waals surface area contributed by atoms with Gasteiger partial charge >= 0.3 is 0 Å². The van der Waals surface area contributed by atoms with Crippen molar-refractivity contribution in [1.29, 1.82) is 0 Å². The maximum atomic E-state index is 13.0. The minimum atomic E-state index is -0.218. The Morgan fingerprint density at radius 1 is 1.16 bits per heavy atom. The molecule has 2 aliphatic heterocycles. The molecule has 138 valence electrons. The molecule has 3 N–H and O–H groups in total. The van der Waals surface area contributed by atoms with E-state index in [4.69, 9.17) is 10.5 Å². The zero-order valence-corrected chi connectivity index (χ0v) is 14.5. The molecule has 1 aromatic rings. The number of ether oxygens (including phenoxy) is 1. The van der Waals surface area contributed by atoms with E-state index >= 15 is 0 Å². The van der Waals surface area contributed by atoms with Crippen LogP contribution in [0.2, 0.25) is 0 Å². The van der Waals surface area contributed by atoms with Gasteiger partial charge in [-0.15, -0.1) is 0 Å². The van der Waals surface area contributed by atoms with Gasteiger partial charge in [-0.2, -0.15) is 0 Å². The molecule has 25 heavy (non-hydrogen) atoms. The topological polar surface area (TPSA) is 74.3 Å². The molecule has 3 rings (SSSR count). The number of aliphatic imine (C=N–C) groups is 1. The van der Waals surface area contributed by atoms with Gasteiger partial charge in [0, 0.05) is 50.5 Å². The Hall–Kier alpha value is -1.86. The van der Waals surface area contributed by atoms with Crippen LogP contribution in [0.3, 0.4) is 0 Å². The molecular weight excluding hydrogens is 323 g/mol. The fourth-order valence-corrected chi connectivity index (χ4v) is 3.37. The lowest BCUT2D eigenvalue weighted by Gasteiger charge is -2.37. The summed E-state index contributed by atoms with van der Waals surface area (Å²) in [4.78, 5) is 8.85. The van der Waals surface area contributed by atoms with Crippen molar-refractivity contribution < 1.29 is 14.2 Å². The second-order valence-corrected chi connectivity index (χ2v) is 6.90. The average molecular weight is 350 g/mol. The Morgan fingerprint density at radius 2 is 1.80 bits per heavy atom. The van der Waals surface area contributed by atoms with Gasteiger partial charge in [0.15, 0.2) is 5.96 Å². The van der Waals surface area contributed by atoms with Crippen molar-refractivity contribution in [3.63, 3.8) is 0 Å². The predicted molar refractivity (Wildman–Crippen MR) is 96.2 cm³/mol. The van der Waals surface area contributed by atoms with Gasteiger partial charge in [0.2, 0.25) is 0 Å². The summed E-state index contributed by atoms with van der Waals surface area (Å²) >= 11 is 0. The Labute approximate surface area is 148 Å². The summed E-state index contributed by atoms with van der Waals surface area (Å²) in [7, 11) is 0. The van der Waals surface area contributed by atoms with Crippen LogP contribution in [0, 0.1) is 11.2 Å². The minimum absolute atomic E-state index is 0.117. The third-order valence-electron chi connectivity index (χ3n) is 5.26. The zero-order chi connectivity index (χ0) is 17.7. The molecule has 1 aromatic carbocycles. The molecule has 0 unspecified atom stereocenters. The molecule has 0 amide bonds. The number of nitrogens with zero attached hydrogens (tertiary/aromatic N) is 3. The molecule has 6 nitrogen and oxygen atoms in total. The number of piperazine rings is 1. The van der Waals surface area contributed by atoms with Gasteiger partial charge in [-0.05, 0) is 37.1 Å². The highest BCUT2D eigenvalue weighted by Gasteiger charge is 2.32. The highest BCUT2D eigenvalue weighted by Crippen LogP contribution is 2.30. The number of hydrogen-bond acceptors (Lipinski definition) is 4. The molecule has 7 heteroatoms. The number of aliphatic hydroxyl groups excluding tert-OH is 1.